The number of hydrogen-bond acceptors (Lipinski definition) is 5. The molecule has 2 aromatic rings. The fourth-order valence-corrected chi connectivity index (χ4v) is 3.59. The van der Waals surface area contributed by atoms with E-state index in [0.29, 0.717) is 42.8 Å². The number of carbonyl (C=O) groups is 1. The number of rotatable bonds is 4. The molecule has 1 amide bonds. The minimum Gasteiger partial charge on any atom is -0.471 e. The number of piperazine rings is 1. The molecule has 2 aliphatic heterocycles. The van der Waals surface area contributed by atoms with Gasteiger partial charge in [0.15, 0.2) is 0 Å². The summed E-state index contributed by atoms with van der Waals surface area (Å²) in [6.07, 6.45) is 2.34. The van der Waals surface area contributed by atoms with Gasteiger partial charge in [0.2, 0.25) is 5.88 Å². The van der Waals surface area contributed by atoms with Crippen molar-refractivity contribution in [1.29, 1.82) is 0 Å². The number of para-hydroxylation sites is 1. The number of anilines is 1. The van der Waals surface area contributed by atoms with Gasteiger partial charge in [-0.2, -0.15) is 0 Å². The number of ether oxygens (including phenoxy) is 2. The molecule has 4 rings (SSSR count). The lowest BCUT2D eigenvalue weighted by atomic mass is 10.2. The Morgan fingerprint density at radius 2 is 1.96 bits per heavy atom. The molecule has 142 valence electrons. The Hall–Kier alpha value is -2.31. The SMILES string of the molecule is O=C(c1cnc(OC2CCOC2)c(Cl)c1)N1CCN(c2ccccc2)CC1. The highest BCUT2D eigenvalue weighted by Crippen LogP contribution is 2.26. The van der Waals surface area contributed by atoms with Crippen molar-refractivity contribution in [3.8, 4) is 5.88 Å². The van der Waals surface area contributed by atoms with Crippen LogP contribution in [0.15, 0.2) is 42.6 Å². The van der Waals surface area contributed by atoms with Crippen LogP contribution in [0.1, 0.15) is 16.8 Å². The molecular weight excluding hydrogens is 366 g/mol. The topological polar surface area (TPSA) is 54.9 Å². The highest BCUT2D eigenvalue weighted by atomic mass is 35.5. The van der Waals surface area contributed by atoms with Crippen LogP contribution in [0.4, 0.5) is 5.69 Å². The van der Waals surface area contributed by atoms with Crippen LogP contribution in [0.25, 0.3) is 0 Å². The molecule has 1 aromatic carbocycles. The zero-order valence-corrected chi connectivity index (χ0v) is 15.8. The molecule has 0 N–H and O–H groups in total. The zero-order valence-electron chi connectivity index (χ0n) is 15.0. The van der Waals surface area contributed by atoms with Gasteiger partial charge < -0.3 is 19.3 Å². The van der Waals surface area contributed by atoms with Crippen molar-refractivity contribution in [2.24, 2.45) is 0 Å². The maximum absolute atomic E-state index is 12.8. The minimum atomic E-state index is -0.0483. The zero-order chi connectivity index (χ0) is 18.6. The standard InChI is InChI=1S/C20H22ClN3O3/c21-18-12-15(13-22-19(18)27-17-6-11-26-14-17)20(25)24-9-7-23(8-10-24)16-4-2-1-3-5-16/h1-5,12-13,17H,6-11,14H2. The number of halogens is 1. The Bertz CT molecular complexity index is 788. The minimum absolute atomic E-state index is 0.0254. The molecule has 1 atom stereocenters. The van der Waals surface area contributed by atoms with Crippen LogP contribution >= 0.6 is 11.6 Å². The highest BCUT2D eigenvalue weighted by Gasteiger charge is 2.24. The van der Waals surface area contributed by atoms with Crippen LogP contribution in [0, 0.1) is 0 Å². The first-order valence-corrected chi connectivity index (χ1v) is 9.58. The summed E-state index contributed by atoms with van der Waals surface area (Å²) in [6.45, 7) is 4.18. The maximum Gasteiger partial charge on any atom is 0.255 e. The number of amides is 1. The molecule has 6 nitrogen and oxygen atoms in total. The summed E-state index contributed by atoms with van der Waals surface area (Å²) in [5.41, 5.74) is 1.68. The maximum atomic E-state index is 12.8. The number of aromatic nitrogens is 1. The smallest absolute Gasteiger partial charge is 0.255 e. The second-order valence-corrected chi connectivity index (χ2v) is 7.14. The van der Waals surface area contributed by atoms with Crippen molar-refractivity contribution >= 4 is 23.2 Å². The van der Waals surface area contributed by atoms with E-state index in [-0.39, 0.29) is 12.0 Å². The van der Waals surface area contributed by atoms with Crippen LogP contribution < -0.4 is 9.64 Å². The van der Waals surface area contributed by atoms with Gasteiger partial charge in [-0.3, -0.25) is 4.79 Å². The lowest BCUT2D eigenvalue weighted by Crippen LogP contribution is -2.48. The number of carbonyl (C=O) groups excluding carboxylic acids is 1. The fourth-order valence-electron chi connectivity index (χ4n) is 3.38. The molecule has 0 radical (unpaired) electrons. The Labute approximate surface area is 163 Å². The van der Waals surface area contributed by atoms with E-state index >= 15 is 0 Å². The van der Waals surface area contributed by atoms with Crippen LogP contribution in [-0.2, 0) is 4.74 Å². The average Bonchev–Trinajstić information content (AvgIpc) is 3.23. The van der Waals surface area contributed by atoms with E-state index in [1.54, 1.807) is 12.3 Å². The first-order chi connectivity index (χ1) is 13.2. The monoisotopic (exact) mass is 387 g/mol. The van der Waals surface area contributed by atoms with Gasteiger partial charge in [0.1, 0.15) is 11.1 Å². The molecular formula is C20H22ClN3O3. The van der Waals surface area contributed by atoms with Crippen LogP contribution in [0.3, 0.4) is 0 Å². The molecule has 0 bridgehead atoms. The second-order valence-electron chi connectivity index (χ2n) is 6.73. The first-order valence-electron chi connectivity index (χ1n) is 9.20. The largest absolute Gasteiger partial charge is 0.471 e. The fraction of sp³-hybridized carbons (Fsp3) is 0.400. The first kappa shape index (κ1) is 18.1. The van der Waals surface area contributed by atoms with Gasteiger partial charge in [-0.15, -0.1) is 0 Å². The summed E-state index contributed by atoms with van der Waals surface area (Å²) in [5.74, 6) is 0.311. The number of hydrogen-bond donors (Lipinski definition) is 0. The van der Waals surface area contributed by atoms with Crippen LogP contribution in [0.2, 0.25) is 5.02 Å². The van der Waals surface area contributed by atoms with Crippen LogP contribution in [-0.4, -0.2) is 61.3 Å². The van der Waals surface area contributed by atoms with Gasteiger partial charge in [0.25, 0.3) is 5.91 Å². The van der Waals surface area contributed by atoms with E-state index in [2.05, 4.69) is 22.0 Å². The second kappa shape index (κ2) is 8.15. The van der Waals surface area contributed by atoms with Gasteiger partial charge >= 0.3 is 0 Å². The van der Waals surface area contributed by atoms with E-state index in [4.69, 9.17) is 21.1 Å². The quantitative estimate of drug-likeness (QED) is 0.807. The van der Waals surface area contributed by atoms with E-state index in [0.717, 1.165) is 19.5 Å². The molecule has 1 aromatic heterocycles. The molecule has 1 unspecified atom stereocenters. The number of pyridine rings is 1. The third-order valence-electron chi connectivity index (χ3n) is 4.91. The third kappa shape index (κ3) is 4.17. The summed E-state index contributed by atoms with van der Waals surface area (Å²) in [5, 5.41) is 0.357. The number of nitrogens with zero attached hydrogens (tertiary/aromatic N) is 3. The molecule has 0 saturated carbocycles. The molecule has 3 heterocycles. The van der Waals surface area contributed by atoms with Crippen molar-refractivity contribution in [1.82, 2.24) is 9.88 Å². The van der Waals surface area contributed by atoms with Crippen molar-refractivity contribution < 1.29 is 14.3 Å². The van der Waals surface area contributed by atoms with Crippen molar-refractivity contribution in [2.45, 2.75) is 12.5 Å². The van der Waals surface area contributed by atoms with Gasteiger partial charge in [-0.1, -0.05) is 29.8 Å². The van der Waals surface area contributed by atoms with Crippen LogP contribution in [0.5, 0.6) is 5.88 Å². The molecule has 7 heteroatoms. The summed E-state index contributed by atoms with van der Waals surface area (Å²) in [6, 6.07) is 11.9. The van der Waals surface area contributed by atoms with Crippen molar-refractivity contribution in [3.63, 3.8) is 0 Å². The highest BCUT2D eigenvalue weighted by molar-refractivity contribution is 6.32. The van der Waals surface area contributed by atoms with Crippen molar-refractivity contribution in [2.75, 3.05) is 44.3 Å². The lowest BCUT2D eigenvalue weighted by Gasteiger charge is -2.36. The summed E-state index contributed by atoms with van der Waals surface area (Å²) >= 11 is 6.29. The van der Waals surface area contributed by atoms with Crippen molar-refractivity contribution in [3.05, 3.63) is 53.2 Å². The van der Waals surface area contributed by atoms with Gasteiger partial charge in [0.05, 0.1) is 18.8 Å². The molecule has 0 aliphatic carbocycles. The van der Waals surface area contributed by atoms with E-state index in [9.17, 15) is 4.79 Å². The Balaban J connectivity index is 1.37. The van der Waals surface area contributed by atoms with E-state index in [1.807, 2.05) is 23.1 Å². The predicted octanol–water partition coefficient (Wildman–Crippen LogP) is 2.87. The number of benzene rings is 1. The normalized spacial score (nSPS) is 20.0. The average molecular weight is 388 g/mol. The van der Waals surface area contributed by atoms with Gasteiger partial charge in [-0.05, 0) is 18.2 Å². The van der Waals surface area contributed by atoms with Gasteiger partial charge in [-0.25, -0.2) is 4.98 Å². The molecule has 27 heavy (non-hydrogen) atoms. The lowest BCUT2D eigenvalue weighted by molar-refractivity contribution is 0.0746. The van der Waals surface area contributed by atoms with Gasteiger partial charge in [0, 0.05) is 44.5 Å². The summed E-state index contributed by atoms with van der Waals surface area (Å²) in [7, 11) is 0. The van der Waals surface area contributed by atoms with E-state index in [1.165, 1.54) is 5.69 Å². The predicted molar refractivity (Wildman–Crippen MR) is 104 cm³/mol. The Morgan fingerprint density at radius 3 is 2.63 bits per heavy atom. The third-order valence-corrected chi connectivity index (χ3v) is 5.18. The summed E-state index contributed by atoms with van der Waals surface area (Å²) < 4.78 is 11.0. The Morgan fingerprint density at radius 1 is 1.19 bits per heavy atom. The molecule has 2 saturated heterocycles. The Kier molecular flexibility index (Phi) is 5.45. The molecule has 2 fully saturated rings. The molecule has 2 aliphatic rings. The van der Waals surface area contributed by atoms with E-state index < -0.39 is 0 Å². The summed E-state index contributed by atoms with van der Waals surface area (Å²) in [4.78, 5) is 21.2. The molecule has 0 spiro atoms.